The average molecular weight is 559 g/mol. The largest absolute Gasteiger partial charge is 0.311 e. The zero-order valence-corrected chi connectivity index (χ0v) is 24.5. The van der Waals surface area contributed by atoms with E-state index in [0.29, 0.717) is 5.69 Å². The van der Waals surface area contributed by atoms with Crippen LogP contribution in [0.5, 0.6) is 0 Å². The fourth-order valence-electron chi connectivity index (χ4n) is 8.48. The highest BCUT2D eigenvalue weighted by molar-refractivity contribution is 7.00. The van der Waals surface area contributed by atoms with Gasteiger partial charge in [-0.3, -0.25) is 0 Å². The molecule has 0 radical (unpaired) electrons. The van der Waals surface area contributed by atoms with Crippen LogP contribution in [0.2, 0.25) is 0 Å². The highest BCUT2D eigenvalue weighted by atomic mass is 15.2. The first-order valence-corrected chi connectivity index (χ1v) is 15.3. The normalized spacial score (nSPS) is 14.7. The van der Waals surface area contributed by atoms with Gasteiger partial charge in [-0.05, 0) is 69.0 Å². The summed E-state index contributed by atoms with van der Waals surface area (Å²) in [5.41, 5.74) is 17.0. The van der Waals surface area contributed by atoms with E-state index in [0.717, 1.165) is 11.1 Å². The number of rotatable bonds is 1. The molecule has 0 aliphatic carbocycles. The Bertz CT molecular complexity index is 2460. The number of nitrogens with zero attached hydrogens (tertiary/aromatic N) is 3. The summed E-state index contributed by atoms with van der Waals surface area (Å²) in [6, 6.07) is 44.3. The van der Waals surface area contributed by atoms with E-state index in [-0.39, 0.29) is 12.1 Å². The van der Waals surface area contributed by atoms with E-state index in [9.17, 15) is 0 Å². The number of hydrogen-bond acceptors (Lipinski definition) is 1. The molecule has 204 valence electrons. The van der Waals surface area contributed by atoms with Gasteiger partial charge < -0.3 is 9.47 Å². The molecular weight excluding hydrogens is 533 g/mol. The predicted octanol–water partition coefficient (Wildman–Crippen LogP) is 8.25. The molecule has 6 aromatic carbocycles. The molecule has 3 nitrogen and oxygen atoms in total. The van der Waals surface area contributed by atoms with Crippen molar-refractivity contribution in [2.45, 2.75) is 19.3 Å². The summed E-state index contributed by atoms with van der Waals surface area (Å²) in [7, 11) is 0. The van der Waals surface area contributed by atoms with Crippen LogP contribution >= 0.6 is 0 Å². The summed E-state index contributed by atoms with van der Waals surface area (Å²) < 4.78 is 2.51. The zero-order chi connectivity index (χ0) is 29.3. The maximum Gasteiger partial charge on any atom is 0.252 e. The summed E-state index contributed by atoms with van der Waals surface area (Å²) >= 11 is 0. The van der Waals surface area contributed by atoms with Gasteiger partial charge in [0.1, 0.15) is 0 Å². The highest BCUT2D eigenvalue weighted by Gasteiger charge is 2.47. The summed E-state index contributed by atoms with van der Waals surface area (Å²) in [4.78, 5) is 6.31. The molecule has 0 atom stereocenters. The van der Waals surface area contributed by atoms with Crippen LogP contribution in [0, 0.1) is 6.57 Å². The van der Waals surface area contributed by atoms with Gasteiger partial charge in [-0.1, -0.05) is 105 Å². The van der Waals surface area contributed by atoms with Gasteiger partial charge in [-0.25, -0.2) is 4.85 Å². The summed E-state index contributed by atoms with van der Waals surface area (Å²) in [5, 5.41) is 2.57. The standard InChI is InChI=1S/C40H26BN3/c1-40(2)29-15-5-7-20-34(29)44-36-23-25(24-11-8-12-26(21-24)42-3)22-35-37(36)41(32-18-10-16-30(40)39(32)44)31-17-9-14-28-27-13-4-6-19-33(27)43(35)38(28)31/h4-23H,1-2H3. The van der Waals surface area contributed by atoms with Crippen LogP contribution in [0.4, 0.5) is 22.7 Å². The Labute approximate surface area is 256 Å². The van der Waals surface area contributed by atoms with Crippen molar-refractivity contribution in [1.29, 1.82) is 0 Å². The van der Waals surface area contributed by atoms with Crippen LogP contribution < -0.4 is 21.3 Å². The van der Waals surface area contributed by atoms with Gasteiger partial charge in [0, 0.05) is 38.8 Å². The first-order chi connectivity index (χ1) is 21.6. The molecule has 3 aliphatic heterocycles. The molecule has 0 unspecified atom stereocenters. The fourth-order valence-corrected chi connectivity index (χ4v) is 8.48. The van der Waals surface area contributed by atoms with Crippen molar-refractivity contribution in [3.8, 4) is 16.8 Å². The minimum atomic E-state index is -0.143. The van der Waals surface area contributed by atoms with E-state index < -0.39 is 0 Å². The van der Waals surface area contributed by atoms with Crippen molar-refractivity contribution in [3.05, 3.63) is 144 Å². The summed E-state index contributed by atoms with van der Waals surface area (Å²) in [6.07, 6.45) is 0. The SMILES string of the molecule is [C-]#[N+]c1cccc(-c2cc3c4c(c2)-n2c5ccccc5c5cccc(c52)B4c2cccc4c2N3c2ccccc2C4(C)C)c1. The van der Waals surface area contributed by atoms with Crippen LogP contribution in [0.1, 0.15) is 25.0 Å². The van der Waals surface area contributed by atoms with Crippen molar-refractivity contribution in [2.24, 2.45) is 0 Å². The molecule has 4 heterocycles. The first kappa shape index (κ1) is 24.0. The van der Waals surface area contributed by atoms with Gasteiger partial charge in [0.15, 0.2) is 5.69 Å². The first-order valence-electron chi connectivity index (χ1n) is 15.3. The summed E-state index contributed by atoms with van der Waals surface area (Å²) in [6.45, 7) is 12.5. The second kappa shape index (κ2) is 8.10. The van der Waals surface area contributed by atoms with Gasteiger partial charge in [-0.2, -0.15) is 0 Å². The van der Waals surface area contributed by atoms with Crippen LogP contribution in [0.3, 0.4) is 0 Å². The third kappa shape index (κ3) is 2.78. The minimum Gasteiger partial charge on any atom is -0.311 e. The van der Waals surface area contributed by atoms with Crippen molar-refractivity contribution in [3.63, 3.8) is 0 Å². The van der Waals surface area contributed by atoms with Gasteiger partial charge in [-0.15, -0.1) is 0 Å². The van der Waals surface area contributed by atoms with Gasteiger partial charge in [0.05, 0.1) is 17.8 Å². The topological polar surface area (TPSA) is 12.5 Å². The number of para-hydroxylation sites is 4. The van der Waals surface area contributed by atoms with Gasteiger partial charge in [0.2, 0.25) is 0 Å². The minimum absolute atomic E-state index is 0.108. The number of aromatic nitrogens is 1. The van der Waals surface area contributed by atoms with E-state index in [4.69, 9.17) is 6.57 Å². The zero-order valence-electron chi connectivity index (χ0n) is 24.5. The Morgan fingerprint density at radius 2 is 1.36 bits per heavy atom. The molecule has 7 aromatic rings. The van der Waals surface area contributed by atoms with Crippen molar-refractivity contribution in [2.75, 3.05) is 4.90 Å². The van der Waals surface area contributed by atoms with E-state index in [1.54, 1.807) is 0 Å². The molecule has 10 rings (SSSR count). The van der Waals surface area contributed by atoms with Crippen LogP contribution in [0.25, 0.3) is 43.5 Å². The molecule has 4 heteroatoms. The molecule has 0 bridgehead atoms. The van der Waals surface area contributed by atoms with Crippen LogP contribution in [0.15, 0.2) is 121 Å². The lowest BCUT2D eigenvalue weighted by atomic mass is 9.33. The Morgan fingerprint density at radius 1 is 0.636 bits per heavy atom. The lowest BCUT2D eigenvalue weighted by Gasteiger charge is -2.48. The molecule has 44 heavy (non-hydrogen) atoms. The number of fused-ring (bicyclic) bond motifs is 9. The smallest absolute Gasteiger partial charge is 0.252 e. The van der Waals surface area contributed by atoms with E-state index in [2.05, 4.69) is 131 Å². The fraction of sp³-hybridized carbons (Fsp3) is 0.0750. The quantitative estimate of drug-likeness (QED) is 0.146. The van der Waals surface area contributed by atoms with Crippen molar-refractivity contribution >= 4 is 67.7 Å². The number of hydrogen-bond donors (Lipinski definition) is 0. The highest BCUT2D eigenvalue weighted by Crippen LogP contribution is 2.53. The van der Waals surface area contributed by atoms with Crippen molar-refractivity contribution < 1.29 is 0 Å². The lowest BCUT2D eigenvalue weighted by molar-refractivity contribution is 0.632. The molecule has 0 fully saturated rings. The molecule has 1 aromatic heterocycles. The maximum atomic E-state index is 7.70. The van der Waals surface area contributed by atoms with Crippen molar-refractivity contribution in [1.82, 2.24) is 4.57 Å². The monoisotopic (exact) mass is 559 g/mol. The Morgan fingerprint density at radius 3 is 2.27 bits per heavy atom. The molecule has 0 spiro atoms. The predicted molar refractivity (Wildman–Crippen MR) is 184 cm³/mol. The van der Waals surface area contributed by atoms with Crippen LogP contribution in [-0.4, -0.2) is 11.3 Å². The second-order valence-electron chi connectivity index (χ2n) is 12.8. The Balaban J connectivity index is 1.42. The molecule has 0 saturated heterocycles. The second-order valence-corrected chi connectivity index (χ2v) is 12.8. The number of anilines is 3. The van der Waals surface area contributed by atoms with Gasteiger partial charge in [0.25, 0.3) is 6.71 Å². The lowest BCUT2D eigenvalue weighted by Crippen LogP contribution is -2.61. The van der Waals surface area contributed by atoms with E-state index >= 15 is 0 Å². The molecule has 0 N–H and O–H groups in total. The number of benzene rings is 6. The van der Waals surface area contributed by atoms with Gasteiger partial charge >= 0.3 is 0 Å². The molecule has 0 amide bonds. The third-order valence-electron chi connectivity index (χ3n) is 10.3. The molecular formula is C40H26BN3. The summed E-state index contributed by atoms with van der Waals surface area (Å²) in [5.74, 6) is 0. The van der Waals surface area contributed by atoms with Crippen LogP contribution in [-0.2, 0) is 5.41 Å². The van der Waals surface area contributed by atoms with E-state index in [1.807, 2.05) is 18.2 Å². The maximum absolute atomic E-state index is 7.70. The Hall–Kier alpha value is -5.53. The third-order valence-corrected chi connectivity index (χ3v) is 10.3. The molecule has 0 saturated carbocycles. The Kier molecular flexibility index (Phi) is 4.41. The molecule has 3 aliphatic rings. The average Bonchev–Trinajstić information content (AvgIpc) is 3.41. The van der Waals surface area contributed by atoms with E-state index in [1.165, 1.54) is 72.1 Å².